The third kappa shape index (κ3) is 4.94. The Balaban J connectivity index is 2.04. The van der Waals surface area contributed by atoms with Crippen molar-refractivity contribution in [3.05, 3.63) is 34.9 Å². The van der Waals surface area contributed by atoms with Crippen LogP contribution in [0.25, 0.3) is 0 Å². The zero-order valence-electron chi connectivity index (χ0n) is 11.9. The summed E-state index contributed by atoms with van der Waals surface area (Å²) in [4.78, 5) is 12.0. The number of nitrogens with zero attached hydrogens (tertiary/aromatic N) is 2. The third-order valence-electron chi connectivity index (χ3n) is 2.56. The number of rotatable bonds is 7. The van der Waals surface area contributed by atoms with E-state index in [9.17, 15) is 13.2 Å². The molecule has 0 spiro atoms. The molecule has 1 amide bonds. The number of methoxy groups -OCH3 is 1. The summed E-state index contributed by atoms with van der Waals surface area (Å²) in [6.45, 7) is 0.350. The van der Waals surface area contributed by atoms with E-state index in [2.05, 4.69) is 20.2 Å². The van der Waals surface area contributed by atoms with E-state index in [1.165, 1.54) is 7.11 Å². The van der Waals surface area contributed by atoms with Crippen molar-refractivity contribution in [1.82, 2.24) is 14.9 Å². The number of nitrogens with one attached hydrogen (secondary N) is 2. The van der Waals surface area contributed by atoms with E-state index in [1.54, 1.807) is 24.3 Å². The predicted molar refractivity (Wildman–Crippen MR) is 86.4 cm³/mol. The van der Waals surface area contributed by atoms with Gasteiger partial charge in [-0.2, -0.15) is 0 Å². The van der Waals surface area contributed by atoms with Crippen LogP contribution < -0.4 is 10.0 Å². The molecule has 11 heteroatoms. The molecule has 8 nitrogen and oxygen atoms in total. The van der Waals surface area contributed by atoms with Crippen LogP contribution in [0, 0.1) is 0 Å². The van der Waals surface area contributed by atoms with Crippen molar-refractivity contribution in [1.29, 1.82) is 0 Å². The van der Waals surface area contributed by atoms with Gasteiger partial charge in [-0.3, -0.25) is 10.1 Å². The molecule has 124 valence electrons. The second-order valence-electron chi connectivity index (χ2n) is 4.22. The minimum atomic E-state index is -3.77. The predicted octanol–water partition coefficient (Wildman–Crippen LogP) is 1.37. The van der Waals surface area contributed by atoms with Crippen molar-refractivity contribution < 1.29 is 17.9 Å². The molecule has 0 aliphatic carbocycles. The average molecular weight is 377 g/mol. The van der Waals surface area contributed by atoms with Crippen LogP contribution >= 0.6 is 22.9 Å². The summed E-state index contributed by atoms with van der Waals surface area (Å²) in [5, 5.41) is 10.3. The number of anilines is 1. The van der Waals surface area contributed by atoms with Crippen LogP contribution in [0.1, 0.15) is 10.4 Å². The molecular weight excluding hydrogens is 364 g/mol. The van der Waals surface area contributed by atoms with Crippen LogP contribution in [0.15, 0.2) is 28.6 Å². The number of ether oxygens (including phenoxy) is 1. The van der Waals surface area contributed by atoms with Gasteiger partial charge in [-0.15, -0.1) is 10.2 Å². The Morgan fingerprint density at radius 2 is 2.00 bits per heavy atom. The lowest BCUT2D eigenvalue weighted by Crippen LogP contribution is -2.27. The lowest BCUT2D eigenvalue weighted by Gasteiger charge is -2.02. The number of hydrogen-bond acceptors (Lipinski definition) is 7. The Hall–Kier alpha value is -1.59. The van der Waals surface area contributed by atoms with Crippen LogP contribution in [0.3, 0.4) is 0 Å². The summed E-state index contributed by atoms with van der Waals surface area (Å²) in [5.41, 5.74) is 0.368. The molecule has 0 saturated heterocycles. The van der Waals surface area contributed by atoms with Crippen LogP contribution in [0.5, 0.6) is 0 Å². The fourth-order valence-corrected chi connectivity index (χ4v) is 3.55. The van der Waals surface area contributed by atoms with Gasteiger partial charge in [-0.05, 0) is 24.3 Å². The van der Waals surface area contributed by atoms with Crippen molar-refractivity contribution in [2.45, 2.75) is 4.34 Å². The summed E-state index contributed by atoms with van der Waals surface area (Å²) >= 11 is 6.50. The number of aromatic nitrogens is 2. The van der Waals surface area contributed by atoms with Gasteiger partial charge < -0.3 is 4.74 Å². The van der Waals surface area contributed by atoms with Gasteiger partial charge in [-0.25, -0.2) is 13.1 Å². The van der Waals surface area contributed by atoms with E-state index >= 15 is 0 Å². The Morgan fingerprint density at radius 3 is 2.65 bits per heavy atom. The second kappa shape index (κ2) is 7.79. The molecule has 1 aromatic carbocycles. The molecule has 0 fully saturated rings. The first-order chi connectivity index (χ1) is 10.9. The van der Waals surface area contributed by atoms with Gasteiger partial charge in [0.2, 0.25) is 9.47 Å². The summed E-state index contributed by atoms with van der Waals surface area (Å²) in [6.07, 6.45) is 0. The molecule has 1 aromatic heterocycles. The van der Waals surface area contributed by atoms with Gasteiger partial charge in [-0.1, -0.05) is 22.9 Å². The molecule has 0 radical (unpaired) electrons. The van der Waals surface area contributed by atoms with Gasteiger partial charge in [0.15, 0.2) is 0 Å². The molecule has 2 rings (SSSR count). The lowest BCUT2D eigenvalue weighted by atomic mass is 10.2. The Morgan fingerprint density at radius 1 is 1.30 bits per heavy atom. The third-order valence-corrected chi connectivity index (χ3v) is 5.48. The minimum Gasteiger partial charge on any atom is -0.383 e. The average Bonchev–Trinajstić information content (AvgIpc) is 2.97. The zero-order valence-corrected chi connectivity index (χ0v) is 14.3. The highest BCUT2D eigenvalue weighted by Crippen LogP contribution is 2.20. The van der Waals surface area contributed by atoms with Crippen LogP contribution in [-0.2, 0) is 14.8 Å². The van der Waals surface area contributed by atoms with E-state index < -0.39 is 15.9 Å². The van der Waals surface area contributed by atoms with Gasteiger partial charge >= 0.3 is 0 Å². The topological polar surface area (TPSA) is 110 Å². The molecule has 2 N–H and O–H groups in total. The zero-order chi connectivity index (χ0) is 16.9. The molecule has 2 aromatic rings. The summed E-state index contributed by atoms with van der Waals surface area (Å²) in [6, 6.07) is 6.24. The van der Waals surface area contributed by atoms with Crippen molar-refractivity contribution in [2.24, 2.45) is 0 Å². The molecule has 0 unspecified atom stereocenters. The first-order valence-corrected chi connectivity index (χ1v) is 8.99. The van der Waals surface area contributed by atoms with Crippen LogP contribution in [0.2, 0.25) is 5.02 Å². The maximum absolute atomic E-state index is 12.0. The number of amides is 1. The molecule has 23 heavy (non-hydrogen) atoms. The standard InChI is InChI=1S/C12H13ClN4O4S2/c1-21-7-6-14-23(19,20)12-17-16-11(22-12)15-10(18)8-2-4-9(13)5-3-8/h2-5,14H,6-7H2,1H3,(H,15,16,18). The Bertz CT molecular complexity index is 777. The lowest BCUT2D eigenvalue weighted by molar-refractivity contribution is 0.102. The van der Waals surface area contributed by atoms with Crippen molar-refractivity contribution in [2.75, 3.05) is 25.6 Å². The van der Waals surface area contributed by atoms with Crippen molar-refractivity contribution in [3.8, 4) is 0 Å². The highest BCUT2D eigenvalue weighted by Gasteiger charge is 2.20. The van der Waals surface area contributed by atoms with Crippen LogP contribution in [-0.4, -0.2) is 44.8 Å². The van der Waals surface area contributed by atoms with Gasteiger partial charge in [0.1, 0.15) is 0 Å². The first-order valence-electron chi connectivity index (χ1n) is 6.31. The first kappa shape index (κ1) is 17.8. The molecule has 0 bridgehead atoms. The Kier molecular flexibility index (Phi) is 6.02. The molecule has 0 atom stereocenters. The molecule has 0 aliphatic rings. The summed E-state index contributed by atoms with van der Waals surface area (Å²) in [5.74, 6) is -0.436. The van der Waals surface area contributed by atoms with Gasteiger partial charge in [0, 0.05) is 24.2 Å². The smallest absolute Gasteiger partial charge is 0.269 e. The van der Waals surface area contributed by atoms with Crippen LogP contribution in [0.4, 0.5) is 5.13 Å². The van der Waals surface area contributed by atoms with E-state index in [4.69, 9.17) is 16.3 Å². The SMILES string of the molecule is COCCNS(=O)(=O)c1nnc(NC(=O)c2ccc(Cl)cc2)s1. The number of carbonyl (C=O) groups excluding carboxylic acids is 1. The molecule has 0 aliphatic heterocycles. The maximum atomic E-state index is 12.0. The van der Waals surface area contributed by atoms with Crippen molar-refractivity contribution in [3.63, 3.8) is 0 Å². The minimum absolute atomic E-state index is 0.0806. The maximum Gasteiger partial charge on any atom is 0.269 e. The van der Waals surface area contributed by atoms with E-state index in [0.29, 0.717) is 10.6 Å². The number of benzene rings is 1. The second-order valence-corrected chi connectivity index (χ2v) is 7.58. The fourth-order valence-electron chi connectivity index (χ4n) is 1.48. The number of sulfonamides is 1. The van der Waals surface area contributed by atoms with Gasteiger partial charge in [0.05, 0.1) is 6.61 Å². The van der Waals surface area contributed by atoms with Gasteiger partial charge in [0.25, 0.3) is 15.9 Å². The summed E-state index contributed by atoms with van der Waals surface area (Å²) < 4.78 is 30.7. The highest BCUT2D eigenvalue weighted by molar-refractivity contribution is 7.91. The number of carbonyl (C=O) groups is 1. The summed E-state index contributed by atoms with van der Waals surface area (Å²) in [7, 11) is -2.31. The van der Waals surface area contributed by atoms with E-state index in [0.717, 1.165) is 11.3 Å². The normalized spacial score (nSPS) is 11.4. The largest absolute Gasteiger partial charge is 0.383 e. The molecular formula is C12H13ClN4O4S2. The Labute approximate surface area is 141 Å². The molecule has 1 heterocycles. The quantitative estimate of drug-likeness (QED) is 0.557. The molecule has 0 saturated carbocycles. The number of halogens is 1. The highest BCUT2D eigenvalue weighted by atomic mass is 35.5. The van der Waals surface area contributed by atoms with Crippen molar-refractivity contribution >= 4 is 44.0 Å². The number of hydrogen-bond donors (Lipinski definition) is 2. The fraction of sp³-hybridized carbons (Fsp3) is 0.250. The van der Waals surface area contributed by atoms with E-state index in [1.807, 2.05) is 0 Å². The van der Waals surface area contributed by atoms with E-state index in [-0.39, 0.29) is 22.6 Å². The monoisotopic (exact) mass is 376 g/mol.